The highest BCUT2D eigenvalue weighted by atomic mass is 16.5. The SMILES string of the molecule is Nc1cccc2cc(C(=O)NCCC3CCCCO3)[nH]c12. The van der Waals surface area contributed by atoms with Crippen molar-refractivity contribution in [1.29, 1.82) is 0 Å². The molecule has 3 rings (SSSR count). The Hall–Kier alpha value is -2.01. The Labute approximate surface area is 123 Å². The molecule has 1 atom stereocenters. The number of benzene rings is 1. The third kappa shape index (κ3) is 3.19. The van der Waals surface area contributed by atoms with Crippen LogP contribution in [0.1, 0.15) is 36.2 Å². The molecule has 5 nitrogen and oxygen atoms in total. The molecule has 0 aliphatic carbocycles. The summed E-state index contributed by atoms with van der Waals surface area (Å²) in [5, 5.41) is 3.89. The number of amides is 1. The van der Waals surface area contributed by atoms with E-state index in [0.29, 0.717) is 17.9 Å². The van der Waals surface area contributed by atoms with Crippen LogP contribution in [0, 0.1) is 0 Å². The minimum atomic E-state index is -0.0959. The fraction of sp³-hybridized carbons (Fsp3) is 0.438. The first-order valence-electron chi connectivity index (χ1n) is 7.51. The maximum absolute atomic E-state index is 12.1. The quantitative estimate of drug-likeness (QED) is 0.756. The van der Waals surface area contributed by atoms with Crippen molar-refractivity contribution in [3.05, 3.63) is 30.0 Å². The second-order valence-corrected chi connectivity index (χ2v) is 5.53. The van der Waals surface area contributed by atoms with Crippen molar-refractivity contribution >= 4 is 22.5 Å². The molecule has 0 bridgehead atoms. The highest BCUT2D eigenvalue weighted by Crippen LogP contribution is 2.21. The summed E-state index contributed by atoms with van der Waals surface area (Å²) in [6, 6.07) is 7.47. The summed E-state index contributed by atoms with van der Waals surface area (Å²) >= 11 is 0. The summed E-state index contributed by atoms with van der Waals surface area (Å²) in [5.74, 6) is -0.0959. The van der Waals surface area contributed by atoms with Crippen molar-refractivity contribution in [2.24, 2.45) is 0 Å². The van der Waals surface area contributed by atoms with Gasteiger partial charge in [-0.15, -0.1) is 0 Å². The molecule has 5 heteroatoms. The molecule has 1 saturated heterocycles. The Morgan fingerprint density at radius 2 is 2.33 bits per heavy atom. The van der Waals surface area contributed by atoms with Gasteiger partial charge in [0.15, 0.2) is 0 Å². The van der Waals surface area contributed by atoms with Gasteiger partial charge in [-0.1, -0.05) is 12.1 Å². The van der Waals surface area contributed by atoms with Crippen LogP contribution in [0.15, 0.2) is 24.3 Å². The Bertz CT molecular complexity index is 629. The van der Waals surface area contributed by atoms with E-state index < -0.39 is 0 Å². The van der Waals surface area contributed by atoms with Crippen LogP contribution < -0.4 is 11.1 Å². The van der Waals surface area contributed by atoms with E-state index >= 15 is 0 Å². The van der Waals surface area contributed by atoms with Crippen molar-refractivity contribution in [2.75, 3.05) is 18.9 Å². The van der Waals surface area contributed by atoms with Crippen molar-refractivity contribution in [1.82, 2.24) is 10.3 Å². The van der Waals surface area contributed by atoms with Crippen LogP contribution >= 0.6 is 0 Å². The number of nitrogen functional groups attached to an aromatic ring is 1. The monoisotopic (exact) mass is 287 g/mol. The summed E-state index contributed by atoms with van der Waals surface area (Å²) in [6.45, 7) is 1.48. The summed E-state index contributed by atoms with van der Waals surface area (Å²) in [5.41, 5.74) is 7.91. The number of aromatic amines is 1. The van der Waals surface area contributed by atoms with Gasteiger partial charge < -0.3 is 20.8 Å². The Kier molecular flexibility index (Phi) is 4.10. The second-order valence-electron chi connectivity index (χ2n) is 5.53. The lowest BCUT2D eigenvalue weighted by atomic mass is 10.1. The lowest BCUT2D eigenvalue weighted by Gasteiger charge is -2.22. The van der Waals surface area contributed by atoms with E-state index in [1.54, 1.807) is 0 Å². The molecule has 2 aromatic rings. The minimum absolute atomic E-state index is 0.0959. The molecule has 1 aliphatic heterocycles. The van der Waals surface area contributed by atoms with Crippen LogP contribution in [0.4, 0.5) is 5.69 Å². The highest BCUT2D eigenvalue weighted by Gasteiger charge is 2.15. The topological polar surface area (TPSA) is 80.1 Å². The molecule has 21 heavy (non-hydrogen) atoms. The van der Waals surface area contributed by atoms with E-state index in [0.717, 1.165) is 36.8 Å². The molecular formula is C16H21N3O2. The number of para-hydroxylation sites is 1. The summed E-state index contributed by atoms with van der Waals surface area (Å²) in [6.07, 6.45) is 4.63. The number of carbonyl (C=O) groups is 1. The van der Waals surface area contributed by atoms with Crippen molar-refractivity contribution in [2.45, 2.75) is 31.8 Å². The number of rotatable bonds is 4. The highest BCUT2D eigenvalue weighted by molar-refractivity contribution is 6.00. The zero-order chi connectivity index (χ0) is 14.7. The molecule has 112 valence electrons. The zero-order valence-corrected chi connectivity index (χ0v) is 12.0. The molecule has 1 unspecified atom stereocenters. The molecule has 0 saturated carbocycles. The van der Waals surface area contributed by atoms with Gasteiger partial charge in [0.1, 0.15) is 5.69 Å². The molecule has 0 spiro atoms. The van der Waals surface area contributed by atoms with Gasteiger partial charge >= 0.3 is 0 Å². The number of aromatic nitrogens is 1. The standard InChI is InChI=1S/C16H21N3O2/c17-13-6-3-4-11-10-14(19-15(11)13)16(20)18-8-7-12-5-1-2-9-21-12/h3-4,6,10,12,19H,1-2,5,7-9,17H2,(H,18,20). The van der Waals surface area contributed by atoms with E-state index in [-0.39, 0.29) is 12.0 Å². The average molecular weight is 287 g/mol. The second kappa shape index (κ2) is 6.18. The number of hydrogen-bond acceptors (Lipinski definition) is 3. The molecular weight excluding hydrogens is 266 g/mol. The van der Waals surface area contributed by atoms with Gasteiger partial charge in [-0.25, -0.2) is 0 Å². The van der Waals surface area contributed by atoms with Crippen LogP contribution in [0.25, 0.3) is 10.9 Å². The molecule has 1 aromatic heterocycles. The molecule has 1 aromatic carbocycles. The number of hydrogen-bond donors (Lipinski definition) is 3. The lowest BCUT2D eigenvalue weighted by molar-refractivity contribution is 0.0117. The minimum Gasteiger partial charge on any atom is -0.397 e. The first-order valence-corrected chi connectivity index (χ1v) is 7.51. The fourth-order valence-electron chi connectivity index (χ4n) is 2.78. The van der Waals surface area contributed by atoms with Crippen LogP contribution in [0.5, 0.6) is 0 Å². The van der Waals surface area contributed by atoms with Crippen LogP contribution in [-0.4, -0.2) is 30.1 Å². The summed E-state index contributed by atoms with van der Waals surface area (Å²) in [4.78, 5) is 15.2. The third-order valence-electron chi connectivity index (χ3n) is 3.96. The number of ether oxygens (including phenoxy) is 1. The number of nitrogens with one attached hydrogen (secondary N) is 2. The van der Waals surface area contributed by atoms with Gasteiger partial charge in [0.05, 0.1) is 17.3 Å². The predicted molar refractivity (Wildman–Crippen MR) is 83.3 cm³/mol. The number of fused-ring (bicyclic) bond motifs is 1. The van der Waals surface area contributed by atoms with E-state index in [2.05, 4.69) is 10.3 Å². The van der Waals surface area contributed by atoms with Crippen molar-refractivity contribution in [3.8, 4) is 0 Å². The van der Waals surface area contributed by atoms with Crippen molar-refractivity contribution < 1.29 is 9.53 Å². The molecule has 1 amide bonds. The maximum atomic E-state index is 12.1. The third-order valence-corrected chi connectivity index (χ3v) is 3.96. The molecule has 1 aliphatic rings. The van der Waals surface area contributed by atoms with Crippen LogP contribution in [0.3, 0.4) is 0 Å². The molecule has 1 fully saturated rings. The van der Waals surface area contributed by atoms with E-state index in [1.165, 1.54) is 6.42 Å². The maximum Gasteiger partial charge on any atom is 0.267 e. The molecule has 2 heterocycles. The van der Waals surface area contributed by atoms with Gasteiger partial charge in [-0.2, -0.15) is 0 Å². The smallest absolute Gasteiger partial charge is 0.267 e. The molecule has 0 radical (unpaired) electrons. The first kappa shape index (κ1) is 13.9. The predicted octanol–water partition coefficient (Wildman–Crippen LogP) is 2.44. The number of H-pyrrole nitrogens is 1. The fourth-order valence-corrected chi connectivity index (χ4v) is 2.78. The average Bonchev–Trinajstić information content (AvgIpc) is 2.94. The number of carbonyl (C=O) groups excluding carboxylic acids is 1. The zero-order valence-electron chi connectivity index (χ0n) is 12.0. The normalized spacial score (nSPS) is 18.8. The van der Waals surface area contributed by atoms with Gasteiger partial charge in [-0.05, 0) is 37.8 Å². The van der Waals surface area contributed by atoms with E-state index in [9.17, 15) is 4.79 Å². The molecule has 4 N–H and O–H groups in total. The van der Waals surface area contributed by atoms with Gasteiger partial charge in [-0.3, -0.25) is 4.79 Å². The number of anilines is 1. The Morgan fingerprint density at radius 3 is 3.10 bits per heavy atom. The Balaban J connectivity index is 1.57. The van der Waals surface area contributed by atoms with E-state index in [1.807, 2.05) is 24.3 Å². The largest absolute Gasteiger partial charge is 0.397 e. The van der Waals surface area contributed by atoms with E-state index in [4.69, 9.17) is 10.5 Å². The van der Waals surface area contributed by atoms with Crippen molar-refractivity contribution in [3.63, 3.8) is 0 Å². The summed E-state index contributed by atoms with van der Waals surface area (Å²) < 4.78 is 5.65. The van der Waals surface area contributed by atoms with Gasteiger partial charge in [0.25, 0.3) is 5.91 Å². The number of nitrogens with two attached hydrogens (primary N) is 1. The Morgan fingerprint density at radius 1 is 1.43 bits per heavy atom. The summed E-state index contributed by atoms with van der Waals surface area (Å²) in [7, 11) is 0. The van der Waals surface area contributed by atoms with Crippen LogP contribution in [0.2, 0.25) is 0 Å². The van der Waals surface area contributed by atoms with Gasteiger partial charge in [0.2, 0.25) is 0 Å². The first-order chi connectivity index (χ1) is 10.2. The lowest BCUT2D eigenvalue weighted by Crippen LogP contribution is -2.29. The van der Waals surface area contributed by atoms with Gasteiger partial charge in [0, 0.05) is 18.5 Å². The van der Waals surface area contributed by atoms with Crippen LogP contribution in [-0.2, 0) is 4.74 Å².